The standard InChI is InChI=1S/C18H26N2O3/c1-4-13(3)16(21)11-19-18(23)14-10-12(2)7-8-15(14)20-9-5-6-17(20)22/h7-8,10,13,16,21H,4-6,9,11H2,1-3H3,(H,19,23). The molecule has 2 unspecified atom stereocenters. The first-order valence-electron chi connectivity index (χ1n) is 8.31. The predicted octanol–water partition coefficient (Wildman–Crippen LogP) is 2.26. The summed E-state index contributed by atoms with van der Waals surface area (Å²) in [7, 11) is 0. The van der Waals surface area contributed by atoms with Gasteiger partial charge in [0, 0.05) is 19.5 Å². The molecule has 0 aliphatic carbocycles. The van der Waals surface area contributed by atoms with E-state index in [1.807, 2.05) is 32.9 Å². The van der Waals surface area contributed by atoms with Crippen molar-refractivity contribution in [3.63, 3.8) is 0 Å². The number of aryl methyl sites for hydroxylation is 1. The van der Waals surface area contributed by atoms with Crippen LogP contribution in [0.4, 0.5) is 5.69 Å². The minimum atomic E-state index is -0.564. The fraction of sp³-hybridized carbons (Fsp3) is 0.556. The number of benzene rings is 1. The predicted molar refractivity (Wildman–Crippen MR) is 90.6 cm³/mol. The van der Waals surface area contributed by atoms with E-state index < -0.39 is 6.10 Å². The highest BCUT2D eigenvalue weighted by Gasteiger charge is 2.26. The van der Waals surface area contributed by atoms with E-state index in [1.165, 1.54) is 0 Å². The maximum Gasteiger partial charge on any atom is 0.253 e. The van der Waals surface area contributed by atoms with Gasteiger partial charge in [0.2, 0.25) is 5.91 Å². The van der Waals surface area contributed by atoms with Gasteiger partial charge in [0.15, 0.2) is 0 Å². The molecule has 1 fully saturated rings. The van der Waals surface area contributed by atoms with Crippen molar-refractivity contribution < 1.29 is 14.7 Å². The number of nitrogens with zero attached hydrogens (tertiary/aromatic N) is 1. The average molecular weight is 318 g/mol. The van der Waals surface area contributed by atoms with E-state index in [4.69, 9.17) is 0 Å². The fourth-order valence-corrected chi connectivity index (χ4v) is 2.74. The molecule has 0 saturated carbocycles. The number of hydrogen-bond donors (Lipinski definition) is 2. The van der Waals surface area contributed by atoms with Gasteiger partial charge in [-0.25, -0.2) is 0 Å². The number of carbonyl (C=O) groups is 2. The molecule has 1 aromatic rings. The number of rotatable bonds is 6. The molecule has 2 amide bonds. The van der Waals surface area contributed by atoms with Crippen molar-refractivity contribution >= 4 is 17.5 Å². The van der Waals surface area contributed by atoms with Gasteiger partial charge in [-0.1, -0.05) is 31.9 Å². The molecule has 5 heteroatoms. The highest BCUT2D eigenvalue weighted by atomic mass is 16.3. The molecule has 5 nitrogen and oxygen atoms in total. The number of hydrogen-bond acceptors (Lipinski definition) is 3. The molecule has 1 aliphatic heterocycles. The third kappa shape index (κ3) is 4.10. The topological polar surface area (TPSA) is 69.6 Å². The molecule has 1 aliphatic rings. The van der Waals surface area contributed by atoms with Gasteiger partial charge in [0.05, 0.1) is 17.4 Å². The van der Waals surface area contributed by atoms with E-state index in [9.17, 15) is 14.7 Å². The van der Waals surface area contributed by atoms with Crippen molar-refractivity contribution in [2.45, 2.75) is 46.1 Å². The summed E-state index contributed by atoms with van der Waals surface area (Å²) in [6.07, 6.45) is 1.64. The van der Waals surface area contributed by atoms with E-state index in [1.54, 1.807) is 11.0 Å². The van der Waals surface area contributed by atoms with Crippen molar-refractivity contribution in [1.82, 2.24) is 5.32 Å². The zero-order chi connectivity index (χ0) is 17.0. The van der Waals surface area contributed by atoms with Gasteiger partial charge < -0.3 is 15.3 Å². The molecule has 2 atom stereocenters. The summed E-state index contributed by atoms with van der Waals surface area (Å²) in [4.78, 5) is 26.2. The zero-order valence-electron chi connectivity index (χ0n) is 14.1. The SMILES string of the molecule is CCC(C)C(O)CNC(=O)c1cc(C)ccc1N1CCCC1=O. The van der Waals surface area contributed by atoms with Gasteiger partial charge >= 0.3 is 0 Å². The lowest BCUT2D eigenvalue weighted by molar-refractivity contribution is -0.117. The monoisotopic (exact) mass is 318 g/mol. The van der Waals surface area contributed by atoms with Gasteiger partial charge in [-0.3, -0.25) is 9.59 Å². The van der Waals surface area contributed by atoms with Gasteiger partial charge in [0.25, 0.3) is 5.91 Å². The highest BCUT2D eigenvalue weighted by molar-refractivity contribution is 6.05. The Bertz CT molecular complexity index is 586. The largest absolute Gasteiger partial charge is 0.391 e. The first-order chi connectivity index (χ1) is 10.9. The molecule has 1 saturated heterocycles. The summed E-state index contributed by atoms with van der Waals surface area (Å²) in [6, 6.07) is 5.54. The van der Waals surface area contributed by atoms with Crippen LogP contribution in [-0.2, 0) is 4.79 Å². The molecule has 2 rings (SSSR count). The van der Waals surface area contributed by atoms with E-state index in [-0.39, 0.29) is 24.3 Å². The number of aliphatic hydroxyl groups is 1. The molecular weight excluding hydrogens is 292 g/mol. The minimum Gasteiger partial charge on any atom is -0.391 e. The van der Waals surface area contributed by atoms with Crippen LogP contribution < -0.4 is 10.2 Å². The Kier molecular flexibility index (Phi) is 5.77. The van der Waals surface area contributed by atoms with Crippen LogP contribution in [-0.4, -0.2) is 36.1 Å². The van der Waals surface area contributed by atoms with Crippen LogP contribution in [0, 0.1) is 12.8 Å². The number of carbonyl (C=O) groups excluding carboxylic acids is 2. The van der Waals surface area contributed by atoms with E-state index >= 15 is 0 Å². The highest BCUT2D eigenvalue weighted by Crippen LogP contribution is 2.26. The lowest BCUT2D eigenvalue weighted by atomic mass is 10.0. The molecule has 0 spiro atoms. The van der Waals surface area contributed by atoms with Crippen LogP contribution in [0.5, 0.6) is 0 Å². The van der Waals surface area contributed by atoms with E-state index in [2.05, 4.69) is 5.32 Å². The molecule has 0 aromatic heterocycles. The molecule has 2 N–H and O–H groups in total. The van der Waals surface area contributed by atoms with E-state index in [0.717, 1.165) is 18.4 Å². The first kappa shape index (κ1) is 17.5. The van der Waals surface area contributed by atoms with Crippen LogP contribution in [0.2, 0.25) is 0 Å². The molecule has 23 heavy (non-hydrogen) atoms. The van der Waals surface area contributed by atoms with Gasteiger partial charge in [0.1, 0.15) is 0 Å². The second-order valence-corrected chi connectivity index (χ2v) is 6.33. The molecule has 0 bridgehead atoms. The Hall–Kier alpha value is -1.88. The summed E-state index contributed by atoms with van der Waals surface area (Å²) in [5, 5.41) is 12.8. The third-order valence-electron chi connectivity index (χ3n) is 4.53. The van der Waals surface area contributed by atoms with Gasteiger partial charge in [-0.15, -0.1) is 0 Å². The summed E-state index contributed by atoms with van der Waals surface area (Å²) in [5.74, 6) is -0.0549. The molecule has 126 valence electrons. The third-order valence-corrected chi connectivity index (χ3v) is 4.53. The van der Waals surface area contributed by atoms with Crippen molar-refractivity contribution in [2.24, 2.45) is 5.92 Å². The Morgan fingerprint density at radius 3 is 2.78 bits per heavy atom. The molecular formula is C18H26N2O3. The Balaban J connectivity index is 2.16. The lowest BCUT2D eigenvalue weighted by Gasteiger charge is -2.21. The first-order valence-corrected chi connectivity index (χ1v) is 8.31. The van der Waals surface area contributed by atoms with Crippen LogP contribution in [0.25, 0.3) is 0 Å². The van der Waals surface area contributed by atoms with Crippen molar-refractivity contribution in [2.75, 3.05) is 18.0 Å². The zero-order valence-corrected chi connectivity index (χ0v) is 14.1. The van der Waals surface area contributed by atoms with Crippen LogP contribution in [0.3, 0.4) is 0 Å². The number of amides is 2. The van der Waals surface area contributed by atoms with Crippen molar-refractivity contribution in [3.05, 3.63) is 29.3 Å². The number of nitrogens with one attached hydrogen (secondary N) is 1. The summed E-state index contributed by atoms with van der Waals surface area (Å²) >= 11 is 0. The second-order valence-electron chi connectivity index (χ2n) is 6.33. The quantitative estimate of drug-likeness (QED) is 0.845. The summed E-state index contributed by atoms with van der Waals surface area (Å²) in [6.45, 7) is 6.75. The van der Waals surface area contributed by atoms with Gasteiger partial charge in [-0.05, 0) is 31.4 Å². The normalized spacial score (nSPS) is 17.2. The van der Waals surface area contributed by atoms with E-state index in [0.29, 0.717) is 24.2 Å². The van der Waals surface area contributed by atoms with Gasteiger partial charge in [-0.2, -0.15) is 0 Å². The lowest BCUT2D eigenvalue weighted by Crippen LogP contribution is -2.36. The average Bonchev–Trinajstić information content (AvgIpc) is 2.97. The maximum absolute atomic E-state index is 12.5. The van der Waals surface area contributed by atoms with Crippen LogP contribution in [0.15, 0.2) is 18.2 Å². The summed E-state index contributed by atoms with van der Waals surface area (Å²) in [5.41, 5.74) is 2.12. The number of anilines is 1. The Morgan fingerprint density at radius 1 is 1.43 bits per heavy atom. The number of aliphatic hydroxyl groups excluding tert-OH is 1. The minimum absolute atomic E-state index is 0.0579. The van der Waals surface area contributed by atoms with Crippen molar-refractivity contribution in [3.8, 4) is 0 Å². The maximum atomic E-state index is 12.5. The van der Waals surface area contributed by atoms with Crippen LogP contribution >= 0.6 is 0 Å². The smallest absolute Gasteiger partial charge is 0.253 e. The Morgan fingerprint density at radius 2 is 2.17 bits per heavy atom. The fourth-order valence-electron chi connectivity index (χ4n) is 2.74. The Labute approximate surface area is 137 Å². The summed E-state index contributed by atoms with van der Waals surface area (Å²) < 4.78 is 0. The molecule has 0 radical (unpaired) electrons. The van der Waals surface area contributed by atoms with Crippen molar-refractivity contribution in [1.29, 1.82) is 0 Å². The molecule has 1 aromatic carbocycles. The molecule has 1 heterocycles. The second kappa shape index (κ2) is 7.59. The van der Waals surface area contributed by atoms with Crippen LogP contribution in [0.1, 0.15) is 49.0 Å².